The number of nitrogens with one attached hydrogen (secondary N) is 1. The van der Waals surface area contributed by atoms with Gasteiger partial charge in [-0.3, -0.25) is 19.4 Å². The molecule has 2 N–H and O–H groups in total. The summed E-state index contributed by atoms with van der Waals surface area (Å²) in [6.07, 6.45) is -0.624. The first-order valence-electron chi connectivity index (χ1n) is 23.1. The van der Waals surface area contributed by atoms with Gasteiger partial charge in [0.15, 0.2) is 11.9 Å². The molecule has 3 saturated heterocycles. The van der Waals surface area contributed by atoms with E-state index in [0.29, 0.717) is 48.8 Å². The zero-order valence-corrected chi connectivity index (χ0v) is 40.8. The van der Waals surface area contributed by atoms with Gasteiger partial charge in [0.25, 0.3) is 0 Å². The van der Waals surface area contributed by atoms with Crippen molar-refractivity contribution in [3.8, 4) is 0 Å². The van der Waals surface area contributed by atoms with Gasteiger partial charge >= 0.3 is 18.0 Å². The topological polar surface area (TPSA) is 188 Å². The van der Waals surface area contributed by atoms with E-state index in [1.807, 2.05) is 58.8 Å². The normalized spacial score (nSPS) is 34.9. The van der Waals surface area contributed by atoms with E-state index in [-0.39, 0.29) is 43.7 Å². The summed E-state index contributed by atoms with van der Waals surface area (Å²) in [4.78, 5) is 69.6. The van der Waals surface area contributed by atoms with Crippen molar-refractivity contribution < 1.29 is 52.7 Å². The summed E-state index contributed by atoms with van der Waals surface area (Å²) in [5, 5.41) is 15.5. The number of likely N-dealkylation sites (N-methyl/N-ethyl adjacent to an activating group) is 1. The van der Waals surface area contributed by atoms with Crippen molar-refractivity contribution in [3.05, 3.63) is 53.4 Å². The Morgan fingerprint density at radius 1 is 1.05 bits per heavy atom. The van der Waals surface area contributed by atoms with Gasteiger partial charge in [0, 0.05) is 68.5 Å². The molecule has 0 radical (unpaired) electrons. The minimum Gasteiger partial charge on any atom is -0.461 e. The Hall–Kier alpha value is -3.93. The molecule has 362 valence electrons. The molecule has 0 spiro atoms. The number of unbranched alkanes of at least 4 members (excludes halogenated alkanes) is 1. The van der Waals surface area contributed by atoms with Crippen LogP contribution in [0.2, 0.25) is 5.02 Å². The molecule has 0 bridgehead atoms. The number of rotatable bonds is 15. The molecule has 2 aromatic rings. The third kappa shape index (κ3) is 12.3. The van der Waals surface area contributed by atoms with Crippen molar-refractivity contribution in [2.75, 3.05) is 39.6 Å². The van der Waals surface area contributed by atoms with Crippen LogP contribution in [-0.2, 0) is 49.2 Å². The number of cyclic esters (lactones) is 1. The largest absolute Gasteiger partial charge is 0.461 e. The lowest BCUT2D eigenvalue weighted by Gasteiger charge is -2.48. The first kappa shape index (κ1) is 52.0. The summed E-state index contributed by atoms with van der Waals surface area (Å²) in [7, 11) is 5.28. The maximum absolute atomic E-state index is 14.9. The van der Waals surface area contributed by atoms with Crippen molar-refractivity contribution in [2.24, 2.45) is 23.7 Å². The minimum atomic E-state index is -1.43. The number of ether oxygens (including phenoxy) is 6. The summed E-state index contributed by atoms with van der Waals surface area (Å²) >= 11 is 6.00. The predicted molar refractivity (Wildman–Crippen MR) is 244 cm³/mol. The molecule has 0 aromatic carbocycles. The lowest BCUT2D eigenvalue weighted by molar-refractivity contribution is -0.301. The molecule has 3 aliphatic heterocycles. The summed E-state index contributed by atoms with van der Waals surface area (Å²) in [6, 6.07) is 7.86. The fourth-order valence-electron chi connectivity index (χ4n) is 10.1. The number of halogens is 1. The van der Waals surface area contributed by atoms with Gasteiger partial charge in [-0.25, -0.2) is 9.78 Å². The highest BCUT2D eigenvalue weighted by Gasteiger charge is 2.60. The molecule has 3 aliphatic rings. The van der Waals surface area contributed by atoms with Gasteiger partial charge in [-0.15, -0.1) is 0 Å². The van der Waals surface area contributed by atoms with Crippen molar-refractivity contribution >= 4 is 41.2 Å². The van der Waals surface area contributed by atoms with Crippen LogP contribution in [0.5, 0.6) is 0 Å². The third-order valence-corrected chi connectivity index (χ3v) is 14.0. The molecule has 2 aromatic heterocycles. The van der Waals surface area contributed by atoms with Crippen LogP contribution in [0.4, 0.5) is 10.6 Å². The lowest BCUT2D eigenvalue weighted by atomic mass is 9.73. The number of nitrogens with zero attached hydrogens (tertiary/aromatic N) is 4. The van der Waals surface area contributed by atoms with Crippen LogP contribution >= 0.6 is 11.6 Å². The minimum absolute atomic E-state index is 0.0256. The zero-order valence-electron chi connectivity index (χ0n) is 40.0. The van der Waals surface area contributed by atoms with Gasteiger partial charge in [-0.05, 0) is 98.2 Å². The van der Waals surface area contributed by atoms with E-state index in [4.69, 9.17) is 40.0 Å². The fourth-order valence-corrected chi connectivity index (χ4v) is 10.3. The molecule has 0 aliphatic carbocycles. The predicted octanol–water partition coefficient (Wildman–Crippen LogP) is 6.50. The number of amides is 1. The van der Waals surface area contributed by atoms with Gasteiger partial charge in [0.05, 0.1) is 41.2 Å². The van der Waals surface area contributed by atoms with Gasteiger partial charge in [-0.2, -0.15) is 0 Å². The molecule has 1 amide bonds. The number of aliphatic hydroxyl groups is 1. The van der Waals surface area contributed by atoms with Crippen LogP contribution < -0.4 is 5.32 Å². The Bertz CT molecular complexity index is 1900. The summed E-state index contributed by atoms with van der Waals surface area (Å²) in [6.45, 7) is 15.2. The number of methoxy groups -OCH3 is 1. The van der Waals surface area contributed by atoms with Crippen LogP contribution in [-0.4, -0.2) is 143 Å². The molecule has 5 rings (SSSR count). The number of carbonyl (C=O) groups is 4. The second-order valence-corrected chi connectivity index (χ2v) is 19.3. The molecular weight excluding hydrogens is 858 g/mol. The highest BCUT2D eigenvalue weighted by molar-refractivity contribution is 6.30. The van der Waals surface area contributed by atoms with E-state index in [1.54, 1.807) is 63.2 Å². The first-order chi connectivity index (χ1) is 30.7. The SMILES string of the molecule is CC[C@@H]1OC(=O)[C@H](C)[C@H](OC(=O)CCc2ccccn2)[C@@H](C)[C@@H](OC2O[C@H](C)C[C@H](N(C)C)[C@H]2O)[C@](C)(OC)C[C@@H](C)C(=O)[C@@H](C)[C@@H]2N(CCCCNc3ccc(Cl)cn3)C(=O)O[C@]12C. The average molecular weight is 931 g/mol. The maximum Gasteiger partial charge on any atom is 0.410 e. The van der Waals surface area contributed by atoms with Crippen LogP contribution in [0, 0.1) is 23.7 Å². The van der Waals surface area contributed by atoms with E-state index in [9.17, 15) is 24.3 Å². The Labute approximate surface area is 389 Å². The van der Waals surface area contributed by atoms with Crippen molar-refractivity contribution in [3.63, 3.8) is 0 Å². The number of hydrogen-bond acceptors (Lipinski definition) is 15. The second kappa shape index (κ2) is 22.7. The molecule has 65 heavy (non-hydrogen) atoms. The second-order valence-electron chi connectivity index (χ2n) is 18.9. The maximum atomic E-state index is 14.9. The van der Waals surface area contributed by atoms with Gasteiger partial charge in [-0.1, -0.05) is 45.4 Å². The van der Waals surface area contributed by atoms with Crippen LogP contribution in [0.3, 0.4) is 0 Å². The number of ketones is 1. The number of carbonyl (C=O) groups excluding carboxylic acids is 4. The monoisotopic (exact) mass is 929 g/mol. The molecule has 5 heterocycles. The molecular formula is C48H72ClN5O11. The van der Waals surface area contributed by atoms with E-state index in [2.05, 4.69) is 15.3 Å². The summed E-state index contributed by atoms with van der Waals surface area (Å²) in [5.41, 5.74) is -2.03. The molecule has 1 unspecified atom stereocenters. The number of anilines is 1. The van der Waals surface area contributed by atoms with Crippen LogP contribution in [0.1, 0.15) is 99.6 Å². The van der Waals surface area contributed by atoms with Gasteiger partial charge in [0.1, 0.15) is 29.9 Å². The smallest absolute Gasteiger partial charge is 0.410 e. The molecule has 0 saturated carbocycles. The quantitative estimate of drug-likeness (QED) is 0.112. The van der Waals surface area contributed by atoms with E-state index >= 15 is 0 Å². The van der Waals surface area contributed by atoms with E-state index in [0.717, 1.165) is 0 Å². The van der Waals surface area contributed by atoms with Gasteiger partial charge < -0.3 is 48.6 Å². The number of aryl methyl sites for hydroxylation is 1. The van der Waals surface area contributed by atoms with Crippen molar-refractivity contribution in [1.82, 2.24) is 19.8 Å². The van der Waals surface area contributed by atoms with Crippen LogP contribution in [0.15, 0.2) is 42.7 Å². The molecule has 17 heteroatoms. The number of hydrogen-bond donors (Lipinski definition) is 2. The van der Waals surface area contributed by atoms with E-state index in [1.165, 1.54) is 7.11 Å². The summed E-state index contributed by atoms with van der Waals surface area (Å²) < 4.78 is 38.5. The zero-order chi connectivity index (χ0) is 47.8. The van der Waals surface area contributed by atoms with Crippen molar-refractivity contribution in [1.29, 1.82) is 0 Å². The Balaban J connectivity index is 1.52. The van der Waals surface area contributed by atoms with E-state index < -0.39 is 89.7 Å². The number of fused-ring (bicyclic) bond motifs is 1. The molecule has 14 atom stereocenters. The average Bonchev–Trinajstić information content (AvgIpc) is 3.54. The standard InChI is InChI=1S/C48H72ClN5O11/c1-12-36-48(8)42(54(46(59)65-48)24-16-15-23-51-37-20-18-33(49)27-52-37)30(4)39(56)28(2)26-47(7,60-11)43(64-45-40(57)35(53(9)10)25-29(3)61-45)31(5)41(32(6)44(58)62-36)63-38(55)21-19-34-17-13-14-22-50-34/h13-14,17-18,20,22,27-32,35-36,40-43,45,57H,12,15-16,19,21,23-26H2,1-11H3,(H,51,52)/t28-,29-,30-,31-,32-,35+,36+,40-,41-,42+,43-,45?,47-,48-/m1/s1. The highest BCUT2D eigenvalue weighted by atomic mass is 35.5. The number of aromatic nitrogens is 2. The third-order valence-electron chi connectivity index (χ3n) is 13.8. The molecule has 16 nitrogen and oxygen atoms in total. The number of aliphatic hydroxyl groups excluding tert-OH is 1. The van der Waals surface area contributed by atoms with Crippen LogP contribution in [0.25, 0.3) is 0 Å². The number of Topliss-reactive ketones (excluding diaryl/α,β-unsaturated/α-hetero) is 1. The number of esters is 2. The first-order valence-corrected chi connectivity index (χ1v) is 23.5. The number of pyridine rings is 2. The Morgan fingerprint density at radius 2 is 1.78 bits per heavy atom. The Kier molecular flexibility index (Phi) is 18.2. The van der Waals surface area contributed by atoms with Gasteiger partial charge in [0.2, 0.25) is 0 Å². The molecule has 3 fully saturated rings. The summed E-state index contributed by atoms with van der Waals surface area (Å²) in [5.74, 6) is -4.08. The lowest BCUT2D eigenvalue weighted by Crippen LogP contribution is -2.61. The highest BCUT2D eigenvalue weighted by Crippen LogP contribution is 2.44. The Morgan fingerprint density at radius 3 is 2.42 bits per heavy atom. The fraction of sp³-hybridized carbons (Fsp3) is 0.708. The van der Waals surface area contributed by atoms with Crippen molar-refractivity contribution in [2.45, 2.75) is 160 Å².